The van der Waals surface area contributed by atoms with Crippen molar-refractivity contribution in [1.29, 1.82) is 0 Å². The lowest BCUT2D eigenvalue weighted by Gasteiger charge is -2.35. The second-order valence-corrected chi connectivity index (χ2v) is 8.51. The molecular formula is C22H29N3O5S. The molecule has 1 N–H and O–H groups in total. The molecule has 0 spiro atoms. The van der Waals surface area contributed by atoms with Gasteiger partial charge in [-0.2, -0.15) is 4.98 Å². The third-order valence-electron chi connectivity index (χ3n) is 5.77. The average molecular weight is 448 g/mol. The van der Waals surface area contributed by atoms with Gasteiger partial charge in [-0.3, -0.25) is 14.2 Å². The van der Waals surface area contributed by atoms with Crippen molar-refractivity contribution in [2.45, 2.75) is 50.9 Å². The maximum atomic E-state index is 13.1. The Labute approximate surface area is 186 Å². The number of carbonyl (C=O) groups is 1. The molecule has 1 aliphatic heterocycles. The van der Waals surface area contributed by atoms with Crippen molar-refractivity contribution in [1.82, 2.24) is 14.5 Å². The van der Waals surface area contributed by atoms with Gasteiger partial charge in [0.05, 0.1) is 32.1 Å². The summed E-state index contributed by atoms with van der Waals surface area (Å²) in [7, 11) is 3.20. The largest absolute Gasteiger partial charge is 0.493 e. The van der Waals surface area contributed by atoms with Crippen molar-refractivity contribution < 1.29 is 19.4 Å². The summed E-state index contributed by atoms with van der Waals surface area (Å²) in [6, 6.07) is 4.81. The second kappa shape index (κ2) is 9.64. The number of hydrogen-bond acceptors (Lipinski definition) is 7. The number of aromatic hydroxyl groups is 1. The van der Waals surface area contributed by atoms with Crippen LogP contribution >= 0.6 is 11.8 Å². The third kappa shape index (κ3) is 4.66. The fraction of sp³-hybridized carbons (Fsp3) is 0.500. The maximum Gasteiger partial charge on any atom is 0.258 e. The Hall–Kier alpha value is -2.68. The highest BCUT2D eigenvalue weighted by molar-refractivity contribution is 7.99. The molecule has 0 saturated heterocycles. The Morgan fingerprint density at radius 2 is 1.97 bits per heavy atom. The van der Waals surface area contributed by atoms with Crippen molar-refractivity contribution in [2.24, 2.45) is 0 Å². The highest BCUT2D eigenvalue weighted by Crippen LogP contribution is 2.38. The lowest BCUT2D eigenvalue weighted by Crippen LogP contribution is -2.40. The second-order valence-electron chi connectivity index (χ2n) is 7.57. The van der Waals surface area contributed by atoms with Gasteiger partial charge in [-0.05, 0) is 49.9 Å². The topological polar surface area (TPSA) is 93.9 Å². The number of rotatable bonds is 7. The van der Waals surface area contributed by atoms with Crippen LogP contribution in [0.25, 0.3) is 0 Å². The van der Waals surface area contributed by atoms with Crippen molar-refractivity contribution in [3.8, 4) is 17.4 Å². The standard InChI is InChI=1S/C22H29N3O5S/c1-6-13(2)25-20(27)11-19(26)23-22(25)31-12-21(28)24-8-7-15-9-17(29-4)18(30-5)10-16(15)14(24)3/h9-11,13-14,26H,6-8,12H2,1-5H3. The minimum atomic E-state index is -0.333. The van der Waals surface area contributed by atoms with Gasteiger partial charge in [0, 0.05) is 12.6 Å². The molecule has 0 radical (unpaired) electrons. The van der Waals surface area contributed by atoms with Crippen LogP contribution in [0.4, 0.5) is 0 Å². The van der Waals surface area contributed by atoms with E-state index in [2.05, 4.69) is 4.98 Å². The zero-order chi connectivity index (χ0) is 22.7. The molecule has 2 heterocycles. The number of aromatic nitrogens is 2. The number of fused-ring (bicyclic) bond motifs is 1. The molecule has 8 nitrogen and oxygen atoms in total. The first kappa shape index (κ1) is 23.0. The van der Waals surface area contributed by atoms with Crippen LogP contribution in [0.1, 0.15) is 50.4 Å². The van der Waals surface area contributed by atoms with Crippen LogP contribution < -0.4 is 15.0 Å². The van der Waals surface area contributed by atoms with E-state index in [1.165, 1.54) is 16.3 Å². The van der Waals surface area contributed by atoms with Crippen molar-refractivity contribution in [3.63, 3.8) is 0 Å². The van der Waals surface area contributed by atoms with E-state index in [0.717, 1.165) is 30.0 Å². The molecule has 0 aliphatic carbocycles. The molecule has 2 atom stereocenters. The smallest absolute Gasteiger partial charge is 0.258 e. The Kier molecular flexibility index (Phi) is 7.15. The molecule has 0 fully saturated rings. The van der Waals surface area contributed by atoms with Gasteiger partial charge in [0.2, 0.25) is 11.8 Å². The number of carbonyl (C=O) groups excluding carboxylic acids is 1. The summed E-state index contributed by atoms with van der Waals surface area (Å²) in [4.78, 5) is 31.3. The van der Waals surface area contributed by atoms with E-state index in [9.17, 15) is 14.7 Å². The lowest BCUT2D eigenvalue weighted by molar-refractivity contribution is -0.130. The molecule has 2 aromatic rings. The number of hydrogen-bond donors (Lipinski definition) is 1. The molecule has 3 rings (SSSR count). The van der Waals surface area contributed by atoms with Crippen molar-refractivity contribution in [2.75, 3.05) is 26.5 Å². The number of methoxy groups -OCH3 is 2. The normalized spacial score (nSPS) is 16.5. The van der Waals surface area contributed by atoms with E-state index in [0.29, 0.717) is 23.2 Å². The number of nitrogens with zero attached hydrogens (tertiary/aromatic N) is 3. The SMILES string of the molecule is CCC(C)n1c(SCC(=O)N2CCc3cc(OC)c(OC)cc3C2C)nc(O)cc1=O. The Balaban J connectivity index is 1.79. The van der Waals surface area contributed by atoms with Crippen molar-refractivity contribution in [3.05, 3.63) is 39.7 Å². The van der Waals surface area contributed by atoms with Gasteiger partial charge in [-0.15, -0.1) is 0 Å². The van der Waals surface area contributed by atoms with E-state index in [-0.39, 0.29) is 35.2 Å². The molecule has 2 unspecified atom stereocenters. The number of ether oxygens (including phenoxy) is 2. The molecule has 9 heteroatoms. The monoisotopic (exact) mass is 447 g/mol. The number of benzene rings is 1. The zero-order valence-corrected chi connectivity index (χ0v) is 19.4. The Morgan fingerprint density at radius 1 is 1.29 bits per heavy atom. The van der Waals surface area contributed by atoms with Gasteiger partial charge in [0.1, 0.15) is 0 Å². The highest BCUT2D eigenvalue weighted by atomic mass is 32.2. The summed E-state index contributed by atoms with van der Waals surface area (Å²) in [6.45, 7) is 6.47. The van der Waals surface area contributed by atoms with Gasteiger partial charge in [-0.1, -0.05) is 18.7 Å². The first-order valence-electron chi connectivity index (χ1n) is 10.3. The predicted octanol–water partition coefficient (Wildman–Crippen LogP) is 3.18. The number of thioether (sulfide) groups is 1. The predicted molar refractivity (Wildman–Crippen MR) is 119 cm³/mol. The Morgan fingerprint density at radius 3 is 2.61 bits per heavy atom. The molecular weight excluding hydrogens is 418 g/mol. The summed E-state index contributed by atoms with van der Waals surface area (Å²) in [5.74, 6) is 1.06. The van der Waals surface area contributed by atoms with Gasteiger partial charge < -0.3 is 19.5 Å². The lowest BCUT2D eigenvalue weighted by atomic mass is 9.93. The van der Waals surface area contributed by atoms with E-state index in [1.54, 1.807) is 14.2 Å². The number of amides is 1. The van der Waals surface area contributed by atoms with Gasteiger partial charge in [0.15, 0.2) is 16.7 Å². The van der Waals surface area contributed by atoms with Crippen LogP contribution in [0.3, 0.4) is 0 Å². The van der Waals surface area contributed by atoms with Crippen molar-refractivity contribution >= 4 is 17.7 Å². The summed E-state index contributed by atoms with van der Waals surface area (Å²) in [5.41, 5.74) is 1.86. The summed E-state index contributed by atoms with van der Waals surface area (Å²) in [5, 5.41) is 10.1. The third-order valence-corrected chi connectivity index (χ3v) is 6.71. The molecule has 1 aromatic heterocycles. The van der Waals surface area contributed by atoms with E-state index in [4.69, 9.17) is 9.47 Å². The molecule has 0 bridgehead atoms. The molecule has 1 aliphatic rings. The first-order chi connectivity index (χ1) is 14.8. The van der Waals surface area contributed by atoms with Crippen LogP contribution in [0.15, 0.2) is 28.2 Å². The summed E-state index contributed by atoms with van der Waals surface area (Å²) < 4.78 is 12.3. The van der Waals surface area contributed by atoms with E-state index < -0.39 is 0 Å². The van der Waals surface area contributed by atoms with Crippen LogP contribution in [0, 0.1) is 0 Å². The zero-order valence-electron chi connectivity index (χ0n) is 18.5. The average Bonchev–Trinajstić information content (AvgIpc) is 2.76. The van der Waals surface area contributed by atoms with Crippen LogP contribution in [-0.2, 0) is 11.2 Å². The van der Waals surface area contributed by atoms with Gasteiger partial charge in [0.25, 0.3) is 5.56 Å². The quantitative estimate of drug-likeness (QED) is 0.515. The van der Waals surface area contributed by atoms with E-state index in [1.807, 2.05) is 37.8 Å². The minimum Gasteiger partial charge on any atom is -0.493 e. The Bertz CT molecular complexity index is 1020. The molecule has 1 aromatic carbocycles. The molecule has 1 amide bonds. The maximum absolute atomic E-state index is 13.1. The fourth-order valence-corrected chi connectivity index (χ4v) is 4.83. The van der Waals surface area contributed by atoms with Crippen LogP contribution in [0.5, 0.6) is 17.4 Å². The van der Waals surface area contributed by atoms with Gasteiger partial charge in [-0.25, -0.2) is 0 Å². The molecule has 0 saturated carbocycles. The first-order valence-corrected chi connectivity index (χ1v) is 11.3. The van der Waals surface area contributed by atoms with Gasteiger partial charge >= 0.3 is 0 Å². The molecule has 168 valence electrons. The highest BCUT2D eigenvalue weighted by Gasteiger charge is 2.29. The van der Waals surface area contributed by atoms with E-state index >= 15 is 0 Å². The summed E-state index contributed by atoms with van der Waals surface area (Å²) >= 11 is 1.17. The van der Waals surface area contributed by atoms with Crippen LogP contribution in [-0.4, -0.2) is 52.0 Å². The van der Waals surface area contributed by atoms with Crippen LogP contribution in [0.2, 0.25) is 0 Å². The summed E-state index contributed by atoms with van der Waals surface area (Å²) in [6.07, 6.45) is 1.46. The minimum absolute atomic E-state index is 0.0498. The molecule has 31 heavy (non-hydrogen) atoms. The fourth-order valence-electron chi connectivity index (χ4n) is 3.84.